The van der Waals surface area contributed by atoms with Crippen molar-refractivity contribution in [3.05, 3.63) is 51.2 Å². The standard InChI is InChI=1S/C18H22N2O3S2/c1-12-2-7-16-14(10-12)11-17(24-16)18(21)20-9-8-13-3-5-15(6-4-13)25(19,22)23/h3-6,11-12H,2,7-10H2,1H3,(H,20,21)(H2,19,22,23)/t12-/m1/s1. The van der Waals surface area contributed by atoms with Crippen LogP contribution in [0.25, 0.3) is 0 Å². The second-order valence-electron chi connectivity index (χ2n) is 6.60. The molecule has 0 unspecified atom stereocenters. The van der Waals surface area contributed by atoms with E-state index in [9.17, 15) is 13.2 Å². The number of nitrogens with two attached hydrogens (primary N) is 1. The first-order valence-corrected chi connectivity index (χ1v) is 10.7. The van der Waals surface area contributed by atoms with E-state index >= 15 is 0 Å². The van der Waals surface area contributed by atoms with Crippen LogP contribution in [0.3, 0.4) is 0 Å². The van der Waals surface area contributed by atoms with Crippen LogP contribution in [0.4, 0.5) is 0 Å². The molecule has 2 aromatic rings. The molecule has 1 aliphatic carbocycles. The van der Waals surface area contributed by atoms with E-state index in [1.807, 2.05) is 6.07 Å². The first-order chi connectivity index (χ1) is 11.8. The number of primary sulfonamides is 1. The largest absolute Gasteiger partial charge is 0.351 e. The summed E-state index contributed by atoms with van der Waals surface area (Å²) in [5.74, 6) is 0.659. The molecule has 0 radical (unpaired) electrons. The highest BCUT2D eigenvalue weighted by Gasteiger charge is 2.20. The van der Waals surface area contributed by atoms with Crippen LogP contribution in [0.2, 0.25) is 0 Å². The van der Waals surface area contributed by atoms with Crippen LogP contribution in [0.15, 0.2) is 35.2 Å². The predicted molar refractivity (Wildman–Crippen MR) is 99.4 cm³/mol. The van der Waals surface area contributed by atoms with Crippen molar-refractivity contribution in [1.82, 2.24) is 5.32 Å². The molecule has 7 heteroatoms. The van der Waals surface area contributed by atoms with Gasteiger partial charge in [0.25, 0.3) is 5.91 Å². The lowest BCUT2D eigenvalue weighted by molar-refractivity contribution is 0.0958. The summed E-state index contributed by atoms with van der Waals surface area (Å²) in [6.07, 6.45) is 3.97. The van der Waals surface area contributed by atoms with Crippen molar-refractivity contribution in [3.63, 3.8) is 0 Å². The summed E-state index contributed by atoms with van der Waals surface area (Å²) in [4.78, 5) is 14.5. The third-order valence-electron chi connectivity index (χ3n) is 4.50. The molecular weight excluding hydrogens is 356 g/mol. The van der Waals surface area contributed by atoms with Crippen LogP contribution in [-0.4, -0.2) is 20.9 Å². The lowest BCUT2D eigenvalue weighted by Gasteiger charge is -2.16. The number of hydrogen-bond donors (Lipinski definition) is 2. The predicted octanol–water partition coefficient (Wildman–Crippen LogP) is 2.49. The van der Waals surface area contributed by atoms with E-state index < -0.39 is 10.0 Å². The van der Waals surface area contributed by atoms with E-state index in [-0.39, 0.29) is 10.8 Å². The number of carbonyl (C=O) groups excluding carboxylic acids is 1. The smallest absolute Gasteiger partial charge is 0.261 e. The Morgan fingerprint density at radius 1 is 1.32 bits per heavy atom. The van der Waals surface area contributed by atoms with Gasteiger partial charge < -0.3 is 5.32 Å². The number of aryl methyl sites for hydroxylation is 1. The Balaban J connectivity index is 1.54. The van der Waals surface area contributed by atoms with E-state index in [1.165, 1.54) is 29.0 Å². The van der Waals surface area contributed by atoms with Gasteiger partial charge in [-0.2, -0.15) is 0 Å². The first kappa shape index (κ1) is 18.1. The average molecular weight is 379 g/mol. The molecule has 3 N–H and O–H groups in total. The van der Waals surface area contributed by atoms with Crippen molar-refractivity contribution in [2.45, 2.75) is 37.5 Å². The second-order valence-corrected chi connectivity index (χ2v) is 9.30. The van der Waals surface area contributed by atoms with Gasteiger partial charge in [0.2, 0.25) is 10.0 Å². The van der Waals surface area contributed by atoms with Crippen LogP contribution in [0, 0.1) is 5.92 Å². The van der Waals surface area contributed by atoms with E-state index in [4.69, 9.17) is 5.14 Å². The number of benzene rings is 1. The lowest BCUT2D eigenvalue weighted by atomic mass is 9.90. The summed E-state index contributed by atoms with van der Waals surface area (Å²) in [5, 5.41) is 8.02. The minimum absolute atomic E-state index is 0.0341. The third-order valence-corrected chi connectivity index (χ3v) is 6.67. The molecule has 1 amide bonds. The monoisotopic (exact) mass is 378 g/mol. The number of sulfonamides is 1. The van der Waals surface area contributed by atoms with Gasteiger partial charge in [-0.05, 0) is 60.9 Å². The summed E-state index contributed by atoms with van der Waals surface area (Å²) < 4.78 is 22.5. The number of amides is 1. The molecule has 134 valence electrons. The Morgan fingerprint density at radius 2 is 2.04 bits per heavy atom. The summed E-state index contributed by atoms with van der Waals surface area (Å²) in [5.41, 5.74) is 2.28. The zero-order valence-corrected chi connectivity index (χ0v) is 15.8. The fraction of sp³-hybridized carbons (Fsp3) is 0.389. The first-order valence-electron chi connectivity index (χ1n) is 8.34. The molecule has 1 aliphatic rings. The van der Waals surface area contributed by atoms with Crippen LogP contribution in [-0.2, 0) is 29.3 Å². The van der Waals surface area contributed by atoms with E-state index in [0.717, 1.165) is 23.3 Å². The highest BCUT2D eigenvalue weighted by molar-refractivity contribution is 7.89. The molecule has 0 fully saturated rings. The Bertz CT molecular complexity index is 870. The van der Waals surface area contributed by atoms with Crippen LogP contribution in [0.5, 0.6) is 0 Å². The number of carbonyl (C=O) groups is 1. The van der Waals surface area contributed by atoms with Crippen molar-refractivity contribution in [1.29, 1.82) is 0 Å². The Labute approximate surface area is 152 Å². The molecule has 1 atom stereocenters. The minimum atomic E-state index is -3.66. The topological polar surface area (TPSA) is 89.3 Å². The molecule has 1 aromatic heterocycles. The fourth-order valence-electron chi connectivity index (χ4n) is 3.07. The van der Waals surface area contributed by atoms with Gasteiger partial charge in [0.05, 0.1) is 9.77 Å². The summed E-state index contributed by atoms with van der Waals surface area (Å²) in [6.45, 7) is 2.76. The molecule has 1 heterocycles. The lowest BCUT2D eigenvalue weighted by Crippen LogP contribution is -2.24. The molecule has 1 aromatic carbocycles. The molecule has 25 heavy (non-hydrogen) atoms. The SMILES string of the molecule is C[C@@H]1CCc2sc(C(=O)NCCc3ccc(S(N)(=O)=O)cc3)cc2C1. The van der Waals surface area contributed by atoms with Crippen LogP contribution in [0.1, 0.15) is 39.0 Å². The summed E-state index contributed by atoms with van der Waals surface area (Å²) in [6, 6.07) is 8.45. The van der Waals surface area contributed by atoms with Gasteiger partial charge in [0.1, 0.15) is 0 Å². The Kier molecular flexibility index (Phi) is 5.27. The van der Waals surface area contributed by atoms with Crippen LogP contribution >= 0.6 is 11.3 Å². The molecule has 0 bridgehead atoms. The number of rotatable bonds is 5. The Hall–Kier alpha value is -1.70. The van der Waals surface area contributed by atoms with Gasteiger partial charge in [-0.3, -0.25) is 4.79 Å². The van der Waals surface area contributed by atoms with E-state index in [0.29, 0.717) is 18.9 Å². The van der Waals surface area contributed by atoms with Gasteiger partial charge in [0, 0.05) is 11.4 Å². The van der Waals surface area contributed by atoms with Crippen molar-refractivity contribution < 1.29 is 13.2 Å². The number of thiophene rings is 1. The van der Waals surface area contributed by atoms with Crippen molar-refractivity contribution in [2.75, 3.05) is 6.54 Å². The maximum atomic E-state index is 12.3. The molecule has 0 spiro atoms. The minimum Gasteiger partial charge on any atom is -0.351 e. The number of hydrogen-bond acceptors (Lipinski definition) is 4. The quantitative estimate of drug-likeness (QED) is 0.838. The molecule has 0 saturated carbocycles. The normalized spacial score (nSPS) is 17.1. The molecule has 0 aliphatic heterocycles. The molecule has 5 nitrogen and oxygen atoms in total. The van der Waals surface area contributed by atoms with Gasteiger partial charge in [-0.1, -0.05) is 19.1 Å². The number of nitrogens with one attached hydrogen (secondary N) is 1. The van der Waals surface area contributed by atoms with Gasteiger partial charge in [-0.15, -0.1) is 11.3 Å². The maximum Gasteiger partial charge on any atom is 0.261 e. The summed E-state index contributed by atoms with van der Waals surface area (Å²) in [7, 11) is -3.66. The van der Waals surface area contributed by atoms with Gasteiger partial charge in [-0.25, -0.2) is 13.6 Å². The second kappa shape index (κ2) is 7.27. The van der Waals surface area contributed by atoms with Crippen molar-refractivity contribution >= 4 is 27.3 Å². The van der Waals surface area contributed by atoms with Gasteiger partial charge >= 0.3 is 0 Å². The molecule has 0 saturated heterocycles. The van der Waals surface area contributed by atoms with Gasteiger partial charge in [0.15, 0.2) is 0 Å². The van der Waals surface area contributed by atoms with E-state index in [1.54, 1.807) is 23.5 Å². The zero-order valence-electron chi connectivity index (χ0n) is 14.1. The Morgan fingerprint density at radius 3 is 2.72 bits per heavy atom. The highest BCUT2D eigenvalue weighted by Crippen LogP contribution is 2.32. The highest BCUT2D eigenvalue weighted by atomic mass is 32.2. The van der Waals surface area contributed by atoms with Crippen molar-refractivity contribution in [3.8, 4) is 0 Å². The van der Waals surface area contributed by atoms with Crippen molar-refractivity contribution in [2.24, 2.45) is 11.1 Å². The number of fused-ring (bicyclic) bond motifs is 1. The molecular formula is C18H22N2O3S2. The third kappa shape index (κ3) is 4.48. The summed E-state index contributed by atoms with van der Waals surface area (Å²) >= 11 is 1.60. The zero-order chi connectivity index (χ0) is 18.0. The fourth-order valence-corrected chi connectivity index (χ4v) is 4.71. The molecule has 3 rings (SSSR count). The van der Waals surface area contributed by atoms with Crippen LogP contribution < -0.4 is 10.5 Å². The maximum absolute atomic E-state index is 12.3. The average Bonchev–Trinajstić information content (AvgIpc) is 2.97. The van der Waals surface area contributed by atoms with E-state index in [2.05, 4.69) is 12.2 Å².